The molecule has 0 aliphatic carbocycles. The minimum Gasteiger partial charge on any atom is -0.340 e. The number of carbonyl (C=O) groups excluding carboxylic acids is 2. The third-order valence-corrected chi connectivity index (χ3v) is 4.76. The number of hydrogen-bond acceptors (Lipinski definition) is 5. The number of aryl methyl sites for hydroxylation is 1. The first-order valence-electron chi connectivity index (χ1n) is 8.11. The van der Waals surface area contributed by atoms with Crippen molar-refractivity contribution >= 4 is 29.0 Å². The summed E-state index contributed by atoms with van der Waals surface area (Å²) in [7, 11) is 0. The summed E-state index contributed by atoms with van der Waals surface area (Å²) < 4.78 is 3.74. The second-order valence-electron chi connectivity index (χ2n) is 5.72. The molecule has 1 aromatic carbocycles. The van der Waals surface area contributed by atoms with Gasteiger partial charge < -0.3 is 10.2 Å². The number of carbonyl (C=O) groups is 2. The fourth-order valence-corrected chi connectivity index (χ4v) is 3.17. The third kappa shape index (κ3) is 4.22. The summed E-state index contributed by atoms with van der Waals surface area (Å²) in [6.07, 6.45) is 2.64. The van der Waals surface area contributed by atoms with Crippen LogP contribution in [0.15, 0.2) is 24.3 Å². The minimum absolute atomic E-state index is 0.181. The van der Waals surface area contributed by atoms with Crippen molar-refractivity contribution in [2.24, 2.45) is 0 Å². The molecule has 128 valence electrons. The van der Waals surface area contributed by atoms with Crippen LogP contribution in [0.1, 0.15) is 40.2 Å². The Morgan fingerprint density at radius 3 is 2.80 bits per heavy atom. The quantitative estimate of drug-likeness (QED) is 0.857. The van der Waals surface area contributed by atoms with Gasteiger partial charge in [0.15, 0.2) is 0 Å². The first-order valence-corrected chi connectivity index (χ1v) is 8.89. The SMILES string of the molecule is Cc1nnsc1C(=O)NCC#Cc1ccc(N2CCCCC2=O)cc1. The molecule has 3 rings (SSSR count). The molecule has 0 saturated carbocycles. The van der Waals surface area contributed by atoms with Gasteiger partial charge in [-0.25, -0.2) is 0 Å². The summed E-state index contributed by atoms with van der Waals surface area (Å²) in [5.41, 5.74) is 2.38. The highest BCUT2D eigenvalue weighted by Crippen LogP contribution is 2.21. The molecule has 1 fully saturated rings. The van der Waals surface area contributed by atoms with Gasteiger partial charge in [-0.2, -0.15) is 0 Å². The molecule has 0 spiro atoms. The molecule has 25 heavy (non-hydrogen) atoms. The number of aromatic nitrogens is 2. The molecule has 0 atom stereocenters. The summed E-state index contributed by atoms with van der Waals surface area (Å²) in [5, 5.41) is 6.54. The zero-order valence-corrected chi connectivity index (χ0v) is 14.7. The monoisotopic (exact) mass is 354 g/mol. The zero-order chi connectivity index (χ0) is 17.6. The lowest BCUT2D eigenvalue weighted by Gasteiger charge is -2.26. The molecule has 0 bridgehead atoms. The molecule has 2 amide bonds. The average Bonchev–Trinajstić information content (AvgIpc) is 3.06. The van der Waals surface area contributed by atoms with Crippen LogP contribution in [0.2, 0.25) is 0 Å². The highest BCUT2D eigenvalue weighted by molar-refractivity contribution is 7.08. The molecule has 1 aromatic heterocycles. The van der Waals surface area contributed by atoms with Gasteiger partial charge in [0.1, 0.15) is 4.88 Å². The van der Waals surface area contributed by atoms with E-state index < -0.39 is 0 Å². The van der Waals surface area contributed by atoms with E-state index in [0.717, 1.165) is 42.2 Å². The molecular weight excluding hydrogens is 336 g/mol. The van der Waals surface area contributed by atoms with Crippen molar-refractivity contribution in [1.29, 1.82) is 0 Å². The van der Waals surface area contributed by atoms with E-state index in [-0.39, 0.29) is 18.4 Å². The summed E-state index contributed by atoms with van der Waals surface area (Å²) in [5.74, 6) is 5.90. The van der Waals surface area contributed by atoms with Crippen LogP contribution < -0.4 is 10.2 Å². The molecule has 0 radical (unpaired) electrons. The lowest BCUT2D eigenvalue weighted by Crippen LogP contribution is -2.35. The van der Waals surface area contributed by atoms with Gasteiger partial charge in [-0.05, 0) is 55.6 Å². The van der Waals surface area contributed by atoms with Crippen LogP contribution >= 0.6 is 11.5 Å². The Bertz CT molecular complexity index is 833. The smallest absolute Gasteiger partial charge is 0.265 e. The van der Waals surface area contributed by atoms with Crippen molar-refractivity contribution in [3.63, 3.8) is 0 Å². The van der Waals surface area contributed by atoms with Gasteiger partial charge in [0.25, 0.3) is 5.91 Å². The molecule has 1 aliphatic rings. The minimum atomic E-state index is -0.208. The van der Waals surface area contributed by atoms with Crippen molar-refractivity contribution < 1.29 is 9.59 Å². The molecule has 7 heteroatoms. The van der Waals surface area contributed by atoms with E-state index in [2.05, 4.69) is 26.7 Å². The largest absolute Gasteiger partial charge is 0.340 e. The Hall–Kier alpha value is -2.72. The second kappa shape index (κ2) is 7.90. The topological polar surface area (TPSA) is 75.2 Å². The first-order chi connectivity index (χ1) is 12.1. The van der Waals surface area contributed by atoms with Crippen molar-refractivity contribution in [2.75, 3.05) is 18.0 Å². The van der Waals surface area contributed by atoms with Crippen molar-refractivity contribution in [2.45, 2.75) is 26.2 Å². The fourth-order valence-electron chi connectivity index (χ4n) is 2.59. The van der Waals surface area contributed by atoms with Gasteiger partial charge in [0.05, 0.1) is 12.2 Å². The van der Waals surface area contributed by atoms with Gasteiger partial charge in [0.2, 0.25) is 5.91 Å². The van der Waals surface area contributed by atoms with Crippen LogP contribution in [-0.2, 0) is 4.79 Å². The Morgan fingerprint density at radius 2 is 2.12 bits per heavy atom. The Kier molecular flexibility index (Phi) is 5.41. The third-order valence-electron chi connectivity index (χ3n) is 3.93. The number of nitrogens with zero attached hydrogens (tertiary/aromatic N) is 3. The van der Waals surface area contributed by atoms with Crippen LogP contribution in [0.25, 0.3) is 0 Å². The molecule has 1 saturated heterocycles. The fraction of sp³-hybridized carbons (Fsp3) is 0.333. The molecule has 2 aromatic rings. The highest BCUT2D eigenvalue weighted by Gasteiger charge is 2.19. The van der Waals surface area contributed by atoms with E-state index in [9.17, 15) is 9.59 Å². The number of benzene rings is 1. The van der Waals surface area contributed by atoms with E-state index in [4.69, 9.17) is 0 Å². The van der Waals surface area contributed by atoms with E-state index in [1.54, 1.807) is 6.92 Å². The van der Waals surface area contributed by atoms with Crippen molar-refractivity contribution in [3.8, 4) is 11.8 Å². The van der Waals surface area contributed by atoms with Crippen molar-refractivity contribution in [3.05, 3.63) is 40.4 Å². The van der Waals surface area contributed by atoms with Crippen LogP contribution in [-0.4, -0.2) is 34.5 Å². The molecule has 0 unspecified atom stereocenters. The maximum Gasteiger partial charge on any atom is 0.265 e. The van der Waals surface area contributed by atoms with Gasteiger partial charge in [-0.15, -0.1) is 5.10 Å². The predicted octanol–water partition coefficient (Wildman–Crippen LogP) is 2.14. The zero-order valence-electron chi connectivity index (χ0n) is 13.9. The normalized spacial score (nSPS) is 14.0. The van der Waals surface area contributed by atoms with E-state index in [1.165, 1.54) is 0 Å². The Balaban J connectivity index is 1.55. The first kappa shape index (κ1) is 17.1. The Morgan fingerprint density at radius 1 is 1.32 bits per heavy atom. The lowest BCUT2D eigenvalue weighted by molar-refractivity contribution is -0.119. The molecule has 2 heterocycles. The maximum atomic E-state index is 11.9. The number of nitrogens with one attached hydrogen (secondary N) is 1. The number of rotatable bonds is 3. The van der Waals surface area contributed by atoms with Gasteiger partial charge in [-0.1, -0.05) is 16.3 Å². The van der Waals surface area contributed by atoms with E-state index >= 15 is 0 Å². The summed E-state index contributed by atoms with van der Waals surface area (Å²) in [6.45, 7) is 2.78. The number of amides is 2. The molecule has 6 nitrogen and oxygen atoms in total. The number of anilines is 1. The van der Waals surface area contributed by atoms with Crippen LogP contribution in [0.4, 0.5) is 5.69 Å². The van der Waals surface area contributed by atoms with E-state index in [1.807, 2.05) is 29.2 Å². The Labute approximate surface area is 150 Å². The van der Waals surface area contributed by atoms with Crippen LogP contribution in [0.3, 0.4) is 0 Å². The van der Waals surface area contributed by atoms with E-state index in [0.29, 0.717) is 17.0 Å². The number of piperidine rings is 1. The molecule has 1 aliphatic heterocycles. The van der Waals surface area contributed by atoms with Crippen LogP contribution in [0.5, 0.6) is 0 Å². The van der Waals surface area contributed by atoms with Crippen LogP contribution in [0, 0.1) is 18.8 Å². The van der Waals surface area contributed by atoms with Gasteiger partial charge in [-0.3, -0.25) is 9.59 Å². The lowest BCUT2D eigenvalue weighted by atomic mass is 10.1. The second-order valence-corrected chi connectivity index (χ2v) is 6.48. The number of hydrogen-bond donors (Lipinski definition) is 1. The molecule has 1 N–H and O–H groups in total. The van der Waals surface area contributed by atoms with Gasteiger partial charge in [0, 0.05) is 24.2 Å². The predicted molar refractivity (Wildman–Crippen MR) is 96.5 cm³/mol. The van der Waals surface area contributed by atoms with Gasteiger partial charge >= 0.3 is 0 Å². The summed E-state index contributed by atoms with van der Waals surface area (Å²) in [4.78, 5) is 26.2. The average molecular weight is 354 g/mol. The highest BCUT2D eigenvalue weighted by atomic mass is 32.1. The summed E-state index contributed by atoms with van der Waals surface area (Å²) >= 11 is 1.07. The standard InChI is InChI=1S/C18H18N4O2S/c1-13-17(25-21-20-13)18(24)19-11-4-5-14-7-9-15(10-8-14)22-12-3-2-6-16(22)23/h7-10H,2-3,6,11-12H2,1H3,(H,19,24). The molecular formula is C18H18N4O2S. The maximum absolute atomic E-state index is 11.9. The van der Waals surface area contributed by atoms with Crippen molar-refractivity contribution in [1.82, 2.24) is 14.9 Å². The summed E-state index contributed by atoms with van der Waals surface area (Å²) in [6, 6.07) is 7.61.